The summed E-state index contributed by atoms with van der Waals surface area (Å²) < 4.78 is 0. The maximum Gasteiger partial charge on any atom is 0.0474 e. The highest BCUT2D eigenvalue weighted by atomic mass is 15.3. The smallest absolute Gasteiger partial charge is 0.0474 e. The molecule has 0 aromatic heterocycles. The van der Waals surface area contributed by atoms with Crippen LogP contribution in [0.3, 0.4) is 0 Å². The number of nitrogens with zero attached hydrogens (tertiary/aromatic N) is 2. The van der Waals surface area contributed by atoms with Gasteiger partial charge in [0.05, 0.1) is 0 Å². The van der Waals surface area contributed by atoms with Gasteiger partial charge in [0.2, 0.25) is 0 Å². The average molecular weight is 295 g/mol. The van der Waals surface area contributed by atoms with Crippen LogP contribution in [0, 0.1) is 6.92 Å². The molecule has 22 heavy (non-hydrogen) atoms. The lowest BCUT2D eigenvalue weighted by atomic mass is 9.99. The van der Waals surface area contributed by atoms with Crippen LogP contribution < -0.4 is 10.6 Å². The molecule has 1 aliphatic rings. The van der Waals surface area contributed by atoms with Crippen LogP contribution in [-0.4, -0.2) is 37.6 Å². The van der Waals surface area contributed by atoms with Gasteiger partial charge in [0.25, 0.3) is 0 Å². The third-order valence-corrected chi connectivity index (χ3v) is 4.65. The van der Waals surface area contributed by atoms with Gasteiger partial charge in [-0.15, -0.1) is 0 Å². The highest BCUT2D eigenvalue weighted by Crippen LogP contribution is 2.25. The molecule has 0 saturated carbocycles. The van der Waals surface area contributed by atoms with Gasteiger partial charge in [0.1, 0.15) is 0 Å². The monoisotopic (exact) mass is 295 g/mol. The highest BCUT2D eigenvalue weighted by molar-refractivity contribution is 5.46. The van der Waals surface area contributed by atoms with Crippen molar-refractivity contribution >= 4 is 5.69 Å². The van der Waals surface area contributed by atoms with Crippen LogP contribution >= 0.6 is 0 Å². The van der Waals surface area contributed by atoms with E-state index in [4.69, 9.17) is 5.73 Å². The molecule has 1 aliphatic heterocycles. The van der Waals surface area contributed by atoms with Gasteiger partial charge in [-0.05, 0) is 30.2 Å². The minimum atomic E-state index is 0.333. The molecule has 3 heteroatoms. The summed E-state index contributed by atoms with van der Waals surface area (Å²) in [6.07, 6.45) is 0. The number of hydrogen-bond acceptors (Lipinski definition) is 3. The van der Waals surface area contributed by atoms with Crippen LogP contribution in [-0.2, 0) is 0 Å². The van der Waals surface area contributed by atoms with Gasteiger partial charge < -0.3 is 10.6 Å². The van der Waals surface area contributed by atoms with Gasteiger partial charge in [-0.25, -0.2) is 0 Å². The van der Waals surface area contributed by atoms with Crippen LogP contribution in [0.25, 0.3) is 0 Å². The van der Waals surface area contributed by atoms with Crippen molar-refractivity contribution in [2.75, 3.05) is 37.6 Å². The third kappa shape index (κ3) is 3.16. The van der Waals surface area contributed by atoms with E-state index in [1.165, 1.54) is 16.8 Å². The predicted octanol–water partition coefficient (Wildman–Crippen LogP) is 2.82. The van der Waals surface area contributed by atoms with Gasteiger partial charge in [0.15, 0.2) is 0 Å². The van der Waals surface area contributed by atoms with Crippen molar-refractivity contribution in [3.8, 4) is 0 Å². The Bertz CT molecular complexity index is 589. The zero-order chi connectivity index (χ0) is 15.4. The lowest BCUT2D eigenvalue weighted by molar-refractivity contribution is 0.189. The molecule has 1 fully saturated rings. The van der Waals surface area contributed by atoms with Gasteiger partial charge >= 0.3 is 0 Å². The number of para-hydroxylation sites is 1. The van der Waals surface area contributed by atoms with Crippen LogP contribution in [0.1, 0.15) is 17.2 Å². The molecule has 1 heterocycles. The summed E-state index contributed by atoms with van der Waals surface area (Å²) in [5.41, 5.74) is 10.1. The highest BCUT2D eigenvalue weighted by Gasteiger charge is 2.24. The standard InChI is InChI=1S/C19H25N3/c1-16-7-5-6-10-18(16)19(15-20)22-13-11-21(12-14-22)17-8-3-2-4-9-17/h2-10,19H,11-15,20H2,1H3. The zero-order valence-electron chi connectivity index (χ0n) is 13.3. The summed E-state index contributed by atoms with van der Waals surface area (Å²) in [6, 6.07) is 19.6. The van der Waals surface area contributed by atoms with Crippen LogP contribution in [0.4, 0.5) is 5.69 Å². The molecule has 1 atom stereocenters. The fourth-order valence-electron chi connectivity index (χ4n) is 3.36. The van der Waals surface area contributed by atoms with E-state index in [2.05, 4.69) is 71.3 Å². The van der Waals surface area contributed by atoms with E-state index in [0.717, 1.165) is 26.2 Å². The van der Waals surface area contributed by atoms with Crippen molar-refractivity contribution in [1.82, 2.24) is 4.90 Å². The molecule has 0 spiro atoms. The number of piperazine rings is 1. The van der Waals surface area contributed by atoms with E-state index in [0.29, 0.717) is 12.6 Å². The van der Waals surface area contributed by atoms with Crippen LogP contribution in [0.5, 0.6) is 0 Å². The maximum absolute atomic E-state index is 6.10. The molecule has 0 bridgehead atoms. The summed E-state index contributed by atoms with van der Waals surface area (Å²) in [4.78, 5) is 4.99. The lowest BCUT2D eigenvalue weighted by Gasteiger charge is -2.40. The molecule has 1 unspecified atom stereocenters. The Balaban J connectivity index is 1.68. The molecule has 116 valence electrons. The van der Waals surface area contributed by atoms with Crippen molar-refractivity contribution in [2.45, 2.75) is 13.0 Å². The zero-order valence-corrected chi connectivity index (χ0v) is 13.3. The second-order valence-corrected chi connectivity index (χ2v) is 5.97. The molecule has 0 amide bonds. The lowest BCUT2D eigenvalue weighted by Crippen LogP contribution is -2.49. The largest absolute Gasteiger partial charge is 0.369 e. The number of nitrogens with two attached hydrogens (primary N) is 1. The van der Waals surface area contributed by atoms with E-state index < -0.39 is 0 Å². The van der Waals surface area contributed by atoms with E-state index in [1.54, 1.807) is 0 Å². The number of benzene rings is 2. The van der Waals surface area contributed by atoms with Crippen molar-refractivity contribution in [1.29, 1.82) is 0 Å². The van der Waals surface area contributed by atoms with Gasteiger partial charge in [-0.1, -0.05) is 42.5 Å². The van der Waals surface area contributed by atoms with Crippen molar-refractivity contribution in [3.05, 3.63) is 65.7 Å². The van der Waals surface area contributed by atoms with E-state index in [-0.39, 0.29) is 0 Å². The second-order valence-electron chi connectivity index (χ2n) is 5.97. The first kappa shape index (κ1) is 15.1. The first-order valence-electron chi connectivity index (χ1n) is 8.09. The fraction of sp³-hybridized carbons (Fsp3) is 0.368. The fourth-order valence-corrected chi connectivity index (χ4v) is 3.36. The Hall–Kier alpha value is -1.84. The Labute approximate surface area is 133 Å². The van der Waals surface area contributed by atoms with Crippen LogP contribution in [0.15, 0.2) is 54.6 Å². The third-order valence-electron chi connectivity index (χ3n) is 4.65. The Morgan fingerprint density at radius 1 is 0.909 bits per heavy atom. The molecule has 3 rings (SSSR count). The molecule has 3 nitrogen and oxygen atoms in total. The number of rotatable bonds is 4. The second kappa shape index (κ2) is 6.95. The molecule has 0 aliphatic carbocycles. The van der Waals surface area contributed by atoms with Crippen molar-refractivity contribution in [3.63, 3.8) is 0 Å². The Kier molecular flexibility index (Phi) is 4.76. The van der Waals surface area contributed by atoms with Crippen LogP contribution in [0.2, 0.25) is 0 Å². The normalized spacial score (nSPS) is 17.5. The maximum atomic E-state index is 6.10. The molecular weight excluding hydrogens is 270 g/mol. The topological polar surface area (TPSA) is 32.5 Å². The van der Waals surface area contributed by atoms with Crippen molar-refractivity contribution < 1.29 is 0 Å². The number of aryl methyl sites for hydroxylation is 1. The van der Waals surface area contributed by atoms with Gasteiger partial charge in [0, 0.05) is 44.5 Å². The summed E-state index contributed by atoms with van der Waals surface area (Å²) in [5.74, 6) is 0. The summed E-state index contributed by atoms with van der Waals surface area (Å²) in [5, 5.41) is 0. The van der Waals surface area contributed by atoms with E-state index in [9.17, 15) is 0 Å². The molecule has 1 saturated heterocycles. The first-order chi connectivity index (χ1) is 10.8. The Morgan fingerprint density at radius 3 is 2.18 bits per heavy atom. The quantitative estimate of drug-likeness (QED) is 0.941. The minimum absolute atomic E-state index is 0.333. The minimum Gasteiger partial charge on any atom is -0.369 e. The molecular formula is C19H25N3. The number of anilines is 1. The number of hydrogen-bond donors (Lipinski definition) is 1. The molecule has 2 aromatic rings. The molecule has 2 aromatic carbocycles. The Morgan fingerprint density at radius 2 is 1.55 bits per heavy atom. The average Bonchev–Trinajstić information content (AvgIpc) is 2.59. The first-order valence-corrected chi connectivity index (χ1v) is 8.09. The summed E-state index contributed by atoms with van der Waals surface area (Å²) in [7, 11) is 0. The van der Waals surface area contributed by atoms with E-state index >= 15 is 0 Å². The SMILES string of the molecule is Cc1ccccc1C(CN)N1CCN(c2ccccc2)CC1. The summed E-state index contributed by atoms with van der Waals surface area (Å²) in [6.45, 7) is 7.10. The predicted molar refractivity (Wildman–Crippen MR) is 93.2 cm³/mol. The summed E-state index contributed by atoms with van der Waals surface area (Å²) >= 11 is 0. The molecule has 0 radical (unpaired) electrons. The van der Waals surface area contributed by atoms with Gasteiger partial charge in [-0.2, -0.15) is 0 Å². The van der Waals surface area contributed by atoms with E-state index in [1.807, 2.05) is 0 Å². The van der Waals surface area contributed by atoms with Gasteiger partial charge in [-0.3, -0.25) is 4.90 Å². The molecule has 2 N–H and O–H groups in total. The van der Waals surface area contributed by atoms with Crippen molar-refractivity contribution in [2.24, 2.45) is 5.73 Å².